The molecule has 0 aromatic rings. The summed E-state index contributed by atoms with van der Waals surface area (Å²) in [4.78, 5) is 2.41. The van der Waals surface area contributed by atoms with E-state index in [-0.39, 0.29) is 0 Å². The van der Waals surface area contributed by atoms with Gasteiger partial charge in [-0.15, -0.1) is 0 Å². The van der Waals surface area contributed by atoms with E-state index in [1.54, 1.807) is 0 Å². The maximum atomic E-state index is 2.67. The van der Waals surface area contributed by atoms with Gasteiger partial charge in [0, 0.05) is 0 Å². The van der Waals surface area contributed by atoms with E-state index in [1.165, 1.54) is 26.2 Å². The first kappa shape index (κ1) is 8.57. The van der Waals surface area contributed by atoms with Gasteiger partial charge in [0.1, 0.15) is 0 Å². The van der Waals surface area contributed by atoms with E-state index < -0.39 is 14.9 Å². The molecule has 0 spiro atoms. The number of rotatable bonds is 1. The van der Waals surface area contributed by atoms with Crippen molar-refractivity contribution in [3.63, 3.8) is 0 Å². The fraction of sp³-hybridized carbons (Fsp3) is 1.00. The monoisotopic (exact) mass is 204 g/mol. The van der Waals surface area contributed by atoms with Gasteiger partial charge in [0.05, 0.1) is 0 Å². The summed E-state index contributed by atoms with van der Waals surface area (Å²) in [5.41, 5.74) is 4.83. The summed E-state index contributed by atoms with van der Waals surface area (Å²) < 4.78 is 2.67. The minimum absolute atomic E-state index is 0.533. The minimum atomic E-state index is -0.533. The van der Waals surface area contributed by atoms with Gasteiger partial charge in [-0.3, -0.25) is 0 Å². The summed E-state index contributed by atoms with van der Waals surface area (Å²) in [6.45, 7) is 5.16. The zero-order chi connectivity index (χ0) is 7.56. The van der Waals surface area contributed by atoms with Crippen molar-refractivity contribution in [2.45, 2.75) is 11.4 Å². The molecule has 0 aliphatic carbocycles. The van der Waals surface area contributed by atoms with E-state index in [0.29, 0.717) is 0 Å². The molecule has 0 amide bonds. The van der Waals surface area contributed by atoms with Crippen LogP contribution in [0.15, 0.2) is 0 Å². The molecule has 2 nitrogen and oxygen atoms in total. The van der Waals surface area contributed by atoms with E-state index in [4.69, 9.17) is 0 Å². The summed E-state index contributed by atoms with van der Waals surface area (Å²) in [6.07, 6.45) is 0. The predicted octanol–water partition coefficient (Wildman–Crippen LogP) is 0.485. The van der Waals surface area contributed by atoms with Crippen LogP contribution in [0.4, 0.5) is 0 Å². The molecule has 0 saturated carbocycles. The average molecular weight is 204 g/mol. The number of likely N-dealkylation sites (N-methyl/N-ethyl adjacent to an activating group) is 1. The second-order valence-corrected chi connectivity index (χ2v) is 7.85. The second kappa shape index (κ2) is 3.75. The zero-order valence-corrected chi connectivity index (χ0v) is 9.05. The van der Waals surface area contributed by atoms with E-state index in [1.807, 2.05) is 0 Å². The third kappa shape index (κ3) is 2.26. The normalized spacial score (nSPS) is 24.0. The van der Waals surface area contributed by atoms with Crippen LogP contribution in [0.2, 0.25) is 11.4 Å². The third-order valence-corrected chi connectivity index (χ3v) is 5.26. The van der Waals surface area contributed by atoms with Gasteiger partial charge < -0.3 is 0 Å². The van der Waals surface area contributed by atoms with Gasteiger partial charge in [-0.25, -0.2) is 0 Å². The van der Waals surface area contributed by atoms with Gasteiger partial charge in [0.25, 0.3) is 0 Å². The molecule has 0 aromatic carbocycles. The number of hydrogen-bond donors (Lipinski definition) is 0. The van der Waals surface area contributed by atoms with E-state index in [0.717, 1.165) is 0 Å². The number of piperazine rings is 1. The summed E-state index contributed by atoms with van der Waals surface area (Å²) >= 11 is -0.533. The molecular formula is C7H17AsN2. The van der Waals surface area contributed by atoms with E-state index in [2.05, 4.69) is 27.2 Å². The van der Waals surface area contributed by atoms with Gasteiger partial charge in [-0.2, -0.15) is 0 Å². The molecule has 0 radical (unpaired) electrons. The molecule has 1 aliphatic heterocycles. The SMILES string of the molecule is CN1CCN([As](C)C)CC1. The summed E-state index contributed by atoms with van der Waals surface area (Å²) in [7, 11) is 2.21. The fourth-order valence-electron chi connectivity index (χ4n) is 1.20. The van der Waals surface area contributed by atoms with E-state index in [9.17, 15) is 0 Å². The number of hydrogen-bond acceptors (Lipinski definition) is 2. The molecule has 0 atom stereocenters. The molecule has 0 unspecified atom stereocenters. The Hall–Kier alpha value is 0.478. The van der Waals surface area contributed by atoms with Crippen LogP contribution in [0.5, 0.6) is 0 Å². The molecule has 1 rings (SSSR count). The quantitative estimate of drug-likeness (QED) is 0.573. The van der Waals surface area contributed by atoms with Crippen LogP contribution >= 0.6 is 0 Å². The Bertz CT molecular complexity index is 97.8. The first-order chi connectivity index (χ1) is 4.70. The standard InChI is InChI=1S/C7H17AsN2/c1-8(2)10-6-4-9(3)5-7-10/h4-7H2,1-3H3. The van der Waals surface area contributed by atoms with Crippen LogP contribution in [0.3, 0.4) is 0 Å². The zero-order valence-electron chi connectivity index (χ0n) is 7.17. The average Bonchev–Trinajstić information content (AvgIpc) is 1.88. The summed E-state index contributed by atoms with van der Waals surface area (Å²) in [6, 6.07) is 0. The molecule has 0 aromatic heterocycles. The molecule has 10 heavy (non-hydrogen) atoms. The molecular weight excluding hydrogens is 187 g/mol. The van der Waals surface area contributed by atoms with Crippen molar-refractivity contribution in [3.8, 4) is 0 Å². The molecule has 1 aliphatic rings. The Morgan fingerprint density at radius 1 is 1.00 bits per heavy atom. The first-order valence-corrected chi connectivity index (χ1v) is 8.40. The third-order valence-electron chi connectivity index (χ3n) is 2.05. The molecule has 60 valence electrons. The van der Waals surface area contributed by atoms with Crippen LogP contribution in [0.25, 0.3) is 0 Å². The number of nitrogens with zero attached hydrogens (tertiary/aromatic N) is 2. The van der Waals surface area contributed by atoms with Crippen LogP contribution in [-0.4, -0.2) is 56.8 Å². The van der Waals surface area contributed by atoms with Gasteiger partial charge in [0.2, 0.25) is 0 Å². The summed E-state index contributed by atoms with van der Waals surface area (Å²) in [5, 5.41) is 0. The Labute approximate surface area is 68.7 Å². The van der Waals surface area contributed by atoms with Crippen molar-refractivity contribution in [1.29, 1.82) is 0 Å². The van der Waals surface area contributed by atoms with Gasteiger partial charge in [-0.05, 0) is 0 Å². The Morgan fingerprint density at radius 3 is 1.90 bits per heavy atom. The topological polar surface area (TPSA) is 6.48 Å². The van der Waals surface area contributed by atoms with Crippen molar-refractivity contribution >= 4 is 14.9 Å². The van der Waals surface area contributed by atoms with Crippen molar-refractivity contribution in [2.24, 2.45) is 0 Å². The predicted molar refractivity (Wildman–Crippen MR) is 46.6 cm³/mol. The van der Waals surface area contributed by atoms with Gasteiger partial charge >= 0.3 is 68.2 Å². The van der Waals surface area contributed by atoms with Gasteiger partial charge in [0.15, 0.2) is 0 Å². The fourth-order valence-corrected chi connectivity index (χ4v) is 3.25. The summed E-state index contributed by atoms with van der Waals surface area (Å²) in [5.74, 6) is 0. The second-order valence-electron chi connectivity index (χ2n) is 3.10. The van der Waals surface area contributed by atoms with Crippen molar-refractivity contribution in [3.05, 3.63) is 0 Å². The van der Waals surface area contributed by atoms with Crippen LogP contribution in [0, 0.1) is 0 Å². The van der Waals surface area contributed by atoms with E-state index >= 15 is 0 Å². The maximum absolute atomic E-state index is 2.67. The molecule has 3 heteroatoms. The van der Waals surface area contributed by atoms with Crippen molar-refractivity contribution in [2.75, 3.05) is 33.2 Å². The van der Waals surface area contributed by atoms with Crippen LogP contribution in [0.1, 0.15) is 0 Å². The van der Waals surface area contributed by atoms with Crippen molar-refractivity contribution in [1.82, 2.24) is 8.72 Å². The van der Waals surface area contributed by atoms with Crippen LogP contribution < -0.4 is 0 Å². The molecule has 1 heterocycles. The molecule has 1 saturated heterocycles. The molecule has 1 fully saturated rings. The Balaban J connectivity index is 2.26. The Kier molecular flexibility index (Phi) is 3.22. The van der Waals surface area contributed by atoms with Gasteiger partial charge in [-0.1, -0.05) is 0 Å². The van der Waals surface area contributed by atoms with Crippen molar-refractivity contribution < 1.29 is 0 Å². The Morgan fingerprint density at radius 2 is 1.50 bits per heavy atom. The molecule has 0 bridgehead atoms. The van der Waals surface area contributed by atoms with Crippen LogP contribution in [-0.2, 0) is 0 Å². The molecule has 0 N–H and O–H groups in total. The first-order valence-electron chi connectivity index (χ1n) is 3.81.